The molecule has 1 heterocycles. The quantitative estimate of drug-likeness (QED) is 0.841. The molecular formula is C14H27ClN2O. The van der Waals surface area contributed by atoms with Crippen LogP contribution in [-0.2, 0) is 4.79 Å². The highest BCUT2D eigenvalue weighted by molar-refractivity contribution is 5.85. The third-order valence-corrected chi connectivity index (χ3v) is 5.05. The van der Waals surface area contributed by atoms with Crippen LogP contribution in [0.5, 0.6) is 0 Å². The van der Waals surface area contributed by atoms with Gasteiger partial charge in [-0.05, 0) is 36.5 Å². The Kier molecular flexibility index (Phi) is 5.07. The molecule has 2 atom stereocenters. The van der Waals surface area contributed by atoms with Crippen LogP contribution in [0.4, 0.5) is 0 Å². The van der Waals surface area contributed by atoms with E-state index in [1.165, 1.54) is 19.3 Å². The Morgan fingerprint density at radius 1 is 1.39 bits per heavy atom. The first kappa shape index (κ1) is 15.8. The van der Waals surface area contributed by atoms with Gasteiger partial charge >= 0.3 is 0 Å². The molecule has 0 bridgehead atoms. The van der Waals surface area contributed by atoms with Crippen LogP contribution in [0.2, 0.25) is 0 Å². The molecule has 18 heavy (non-hydrogen) atoms. The second-order valence-corrected chi connectivity index (χ2v) is 6.44. The van der Waals surface area contributed by atoms with E-state index in [4.69, 9.17) is 5.73 Å². The number of halogens is 1. The molecule has 0 radical (unpaired) electrons. The number of nitrogens with zero attached hydrogens (tertiary/aromatic N) is 1. The van der Waals surface area contributed by atoms with E-state index in [-0.39, 0.29) is 30.3 Å². The monoisotopic (exact) mass is 274 g/mol. The first-order valence-electron chi connectivity index (χ1n) is 7.01. The zero-order valence-corrected chi connectivity index (χ0v) is 12.6. The Bertz CT molecular complexity index is 302. The Balaban J connectivity index is 0.00000162. The van der Waals surface area contributed by atoms with Crippen LogP contribution >= 0.6 is 12.4 Å². The van der Waals surface area contributed by atoms with E-state index in [9.17, 15) is 4.79 Å². The van der Waals surface area contributed by atoms with E-state index in [0.29, 0.717) is 5.41 Å². The molecule has 106 valence electrons. The van der Waals surface area contributed by atoms with Crippen LogP contribution in [-0.4, -0.2) is 29.9 Å². The molecule has 0 aromatic heterocycles. The number of nitrogens with two attached hydrogens (primary N) is 1. The molecular weight excluding hydrogens is 248 g/mol. The minimum Gasteiger partial charge on any atom is -0.341 e. The van der Waals surface area contributed by atoms with Gasteiger partial charge in [-0.2, -0.15) is 0 Å². The summed E-state index contributed by atoms with van der Waals surface area (Å²) >= 11 is 0. The first-order chi connectivity index (χ1) is 7.96. The van der Waals surface area contributed by atoms with Crippen LogP contribution in [0.3, 0.4) is 0 Å². The topological polar surface area (TPSA) is 46.3 Å². The second-order valence-electron chi connectivity index (χ2n) is 6.44. The van der Waals surface area contributed by atoms with Crippen LogP contribution in [0, 0.1) is 17.3 Å². The summed E-state index contributed by atoms with van der Waals surface area (Å²) in [6.45, 7) is 8.25. The summed E-state index contributed by atoms with van der Waals surface area (Å²) in [4.78, 5) is 14.3. The van der Waals surface area contributed by atoms with Crippen molar-refractivity contribution in [3.05, 3.63) is 0 Å². The van der Waals surface area contributed by atoms with E-state index < -0.39 is 0 Å². The maximum Gasteiger partial charge on any atom is 0.239 e. The summed E-state index contributed by atoms with van der Waals surface area (Å²) in [7, 11) is 0. The lowest BCUT2D eigenvalue weighted by Gasteiger charge is -2.53. The van der Waals surface area contributed by atoms with Crippen LogP contribution in [0.15, 0.2) is 0 Å². The van der Waals surface area contributed by atoms with Crippen molar-refractivity contribution in [2.45, 2.75) is 52.5 Å². The van der Waals surface area contributed by atoms with Crippen molar-refractivity contribution in [3.63, 3.8) is 0 Å². The summed E-state index contributed by atoms with van der Waals surface area (Å²) < 4.78 is 0. The molecule has 0 aromatic rings. The van der Waals surface area contributed by atoms with E-state index in [1.54, 1.807) is 0 Å². The van der Waals surface area contributed by atoms with Crippen molar-refractivity contribution in [1.29, 1.82) is 0 Å². The molecule has 1 amide bonds. The highest BCUT2D eigenvalue weighted by Crippen LogP contribution is 2.50. The Morgan fingerprint density at radius 2 is 2.00 bits per heavy atom. The summed E-state index contributed by atoms with van der Waals surface area (Å²) in [6, 6.07) is -0.319. The normalized spacial score (nSPS) is 27.6. The highest BCUT2D eigenvalue weighted by atomic mass is 35.5. The molecule has 1 saturated carbocycles. The fourth-order valence-electron chi connectivity index (χ4n) is 3.24. The van der Waals surface area contributed by atoms with Gasteiger partial charge in [-0.15, -0.1) is 12.4 Å². The van der Waals surface area contributed by atoms with Crippen molar-refractivity contribution in [3.8, 4) is 0 Å². The van der Waals surface area contributed by atoms with Crippen molar-refractivity contribution >= 4 is 18.3 Å². The predicted octanol–water partition coefficient (Wildman–Crippen LogP) is 2.43. The fraction of sp³-hybridized carbons (Fsp3) is 0.929. The largest absolute Gasteiger partial charge is 0.341 e. The summed E-state index contributed by atoms with van der Waals surface area (Å²) in [5.41, 5.74) is 6.42. The number of likely N-dealkylation sites (tertiary alicyclic amines) is 1. The number of rotatable bonds is 2. The maximum absolute atomic E-state index is 12.3. The van der Waals surface area contributed by atoms with Gasteiger partial charge in [0.15, 0.2) is 0 Å². The predicted molar refractivity (Wildman–Crippen MR) is 76.7 cm³/mol. The molecule has 0 aromatic carbocycles. The van der Waals surface area contributed by atoms with Crippen LogP contribution in [0.1, 0.15) is 46.5 Å². The van der Waals surface area contributed by atoms with Crippen LogP contribution in [0.25, 0.3) is 0 Å². The smallest absolute Gasteiger partial charge is 0.239 e. The van der Waals surface area contributed by atoms with Gasteiger partial charge in [0.05, 0.1) is 6.04 Å². The van der Waals surface area contributed by atoms with Gasteiger partial charge in [-0.1, -0.05) is 27.2 Å². The van der Waals surface area contributed by atoms with Gasteiger partial charge in [0.1, 0.15) is 0 Å². The van der Waals surface area contributed by atoms with E-state index in [0.717, 1.165) is 25.4 Å². The lowest BCUT2D eigenvalue weighted by Crippen LogP contribution is -2.57. The Morgan fingerprint density at radius 3 is 2.44 bits per heavy atom. The van der Waals surface area contributed by atoms with Crippen molar-refractivity contribution in [1.82, 2.24) is 4.90 Å². The summed E-state index contributed by atoms with van der Waals surface area (Å²) in [6.07, 6.45) is 5.09. The Hall–Kier alpha value is -0.280. The number of carbonyl (C=O) groups excluding carboxylic acids is 1. The lowest BCUT2D eigenvalue weighted by molar-refractivity contribution is -0.141. The van der Waals surface area contributed by atoms with Crippen molar-refractivity contribution < 1.29 is 4.79 Å². The number of piperidine rings is 1. The zero-order valence-electron chi connectivity index (χ0n) is 11.8. The molecule has 1 saturated heterocycles. The zero-order chi connectivity index (χ0) is 12.6. The standard InChI is InChI=1S/C14H26N2O.ClH/c1-10(2)12(15)13(17)16-8-5-11(3)14(9-16)6-4-7-14;/h10-12H,4-9,15H2,1-3H3;1H/t11?,12-;/m0./s1. The van der Waals surface area contributed by atoms with Crippen molar-refractivity contribution in [2.24, 2.45) is 23.0 Å². The van der Waals surface area contributed by atoms with E-state index >= 15 is 0 Å². The SMILES string of the molecule is CC(C)[C@H](N)C(=O)N1CCC(C)C2(CCC2)C1.Cl. The molecule has 2 N–H and O–H groups in total. The molecule has 1 spiro atoms. The molecule has 3 nitrogen and oxygen atoms in total. The van der Waals surface area contributed by atoms with Gasteiger partial charge in [0.2, 0.25) is 5.91 Å². The molecule has 2 fully saturated rings. The third-order valence-electron chi connectivity index (χ3n) is 5.05. The molecule has 2 aliphatic rings. The van der Waals surface area contributed by atoms with Gasteiger partial charge in [0, 0.05) is 13.1 Å². The summed E-state index contributed by atoms with van der Waals surface area (Å²) in [5.74, 6) is 1.17. The lowest BCUT2D eigenvalue weighted by atomic mass is 9.59. The molecule has 1 aliphatic heterocycles. The van der Waals surface area contributed by atoms with Gasteiger partial charge in [-0.3, -0.25) is 4.79 Å². The average Bonchev–Trinajstić information content (AvgIpc) is 2.25. The van der Waals surface area contributed by atoms with Gasteiger partial charge < -0.3 is 10.6 Å². The van der Waals surface area contributed by atoms with Gasteiger partial charge in [-0.25, -0.2) is 0 Å². The molecule has 2 rings (SSSR count). The molecule has 1 unspecified atom stereocenters. The number of amides is 1. The maximum atomic E-state index is 12.3. The van der Waals surface area contributed by atoms with E-state index in [2.05, 4.69) is 6.92 Å². The van der Waals surface area contributed by atoms with Gasteiger partial charge in [0.25, 0.3) is 0 Å². The number of hydrogen-bond acceptors (Lipinski definition) is 2. The first-order valence-corrected chi connectivity index (χ1v) is 7.01. The number of hydrogen-bond donors (Lipinski definition) is 1. The van der Waals surface area contributed by atoms with Crippen LogP contribution < -0.4 is 5.73 Å². The average molecular weight is 275 g/mol. The molecule has 1 aliphatic carbocycles. The van der Waals surface area contributed by atoms with Crippen molar-refractivity contribution in [2.75, 3.05) is 13.1 Å². The highest BCUT2D eigenvalue weighted by Gasteiger charge is 2.46. The third kappa shape index (κ3) is 2.67. The fourth-order valence-corrected chi connectivity index (χ4v) is 3.24. The number of carbonyl (C=O) groups is 1. The Labute approximate surface area is 117 Å². The minimum absolute atomic E-state index is 0. The minimum atomic E-state index is -0.319. The van der Waals surface area contributed by atoms with E-state index in [1.807, 2.05) is 18.7 Å². The second kappa shape index (κ2) is 5.79. The summed E-state index contributed by atoms with van der Waals surface area (Å²) in [5, 5.41) is 0. The molecule has 4 heteroatoms.